The van der Waals surface area contributed by atoms with Crippen LogP contribution in [0.4, 0.5) is 8.78 Å². The molecule has 2 aliphatic rings. The number of rotatable bonds is 4. The van der Waals surface area contributed by atoms with E-state index in [-0.39, 0.29) is 11.9 Å². The van der Waals surface area contributed by atoms with E-state index in [1.54, 1.807) is 13.8 Å². The highest BCUT2D eigenvalue weighted by atomic mass is 19.1. The van der Waals surface area contributed by atoms with Crippen molar-refractivity contribution in [3.05, 3.63) is 0 Å². The van der Waals surface area contributed by atoms with Crippen molar-refractivity contribution >= 4 is 11.9 Å². The molecular formula is C12H18F2O4. The Morgan fingerprint density at radius 1 is 0.944 bits per heavy atom. The lowest BCUT2D eigenvalue weighted by Crippen LogP contribution is -2.07. The maximum Gasteiger partial charge on any atom is 0.311 e. The summed E-state index contributed by atoms with van der Waals surface area (Å²) in [6, 6.07) is 0. The summed E-state index contributed by atoms with van der Waals surface area (Å²) in [5.74, 6) is -1.65. The van der Waals surface area contributed by atoms with E-state index in [2.05, 4.69) is 9.47 Å². The van der Waals surface area contributed by atoms with Gasteiger partial charge in [0.05, 0.1) is 25.0 Å². The van der Waals surface area contributed by atoms with Crippen molar-refractivity contribution in [1.82, 2.24) is 0 Å². The Bertz CT molecular complexity index is 278. The molecule has 0 spiro atoms. The van der Waals surface area contributed by atoms with Crippen molar-refractivity contribution < 1.29 is 27.8 Å². The van der Waals surface area contributed by atoms with E-state index in [1.807, 2.05) is 0 Å². The third-order valence-electron chi connectivity index (χ3n) is 2.60. The zero-order valence-electron chi connectivity index (χ0n) is 10.5. The van der Waals surface area contributed by atoms with Crippen LogP contribution in [-0.2, 0) is 19.1 Å². The van der Waals surface area contributed by atoms with Crippen LogP contribution >= 0.6 is 0 Å². The highest BCUT2D eigenvalue weighted by Gasteiger charge is 2.45. The summed E-state index contributed by atoms with van der Waals surface area (Å²) >= 11 is 0. The normalized spacial score (nSPS) is 31.8. The van der Waals surface area contributed by atoms with Gasteiger partial charge in [-0.2, -0.15) is 0 Å². The second kappa shape index (κ2) is 6.66. The van der Waals surface area contributed by atoms with Gasteiger partial charge in [0, 0.05) is 0 Å². The summed E-state index contributed by atoms with van der Waals surface area (Å²) in [4.78, 5) is 21.1. The van der Waals surface area contributed by atoms with Crippen molar-refractivity contribution in [2.45, 2.75) is 39.0 Å². The molecule has 0 aromatic carbocycles. The van der Waals surface area contributed by atoms with Crippen molar-refractivity contribution in [1.29, 1.82) is 0 Å². The molecule has 0 aliphatic heterocycles. The predicted molar refractivity (Wildman–Crippen MR) is 59.3 cm³/mol. The second-order valence-corrected chi connectivity index (χ2v) is 4.22. The number of halogens is 2. The first kappa shape index (κ1) is 14.9. The number of alkyl halides is 2. The molecular weight excluding hydrogens is 246 g/mol. The molecule has 2 aliphatic carbocycles. The lowest BCUT2D eigenvalue weighted by Gasteiger charge is -1.95. The molecule has 2 fully saturated rings. The SMILES string of the molecule is CCOC(=O)[C@@H]1C[C@H]1F.CCOC(=O)[C@H]1C[C@@H]1F. The first-order valence-corrected chi connectivity index (χ1v) is 6.12. The number of esters is 2. The van der Waals surface area contributed by atoms with Crippen LogP contribution in [0.15, 0.2) is 0 Å². The van der Waals surface area contributed by atoms with Crippen LogP contribution in [0.25, 0.3) is 0 Å². The quantitative estimate of drug-likeness (QED) is 0.727. The lowest BCUT2D eigenvalue weighted by molar-refractivity contribution is -0.146. The van der Waals surface area contributed by atoms with Gasteiger partial charge in [-0.1, -0.05) is 0 Å². The van der Waals surface area contributed by atoms with Crippen molar-refractivity contribution in [3.8, 4) is 0 Å². The summed E-state index contributed by atoms with van der Waals surface area (Å²) < 4.78 is 33.2. The van der Waals surface area contributed by atoms with Crippen LogP contribution in [0.1, 0.15) is 26.7 Å². The minimum Gasteiger partial charge on any atom is -0.466 e. The molecule has 0 saturated heterocycles. The maximum atomic E-state index is 12.0. The van der Waals surface area contributed by atoms with Gasteiger partial charge < -0.3 is 9.47 Å². The third kappa shape index (κ3) is 4.58. The van der Waals surface area contributed by atoms with Gasteiger partial charge in [0.25, 0.3) is 0 Å². The van der Waals surface area contributed by atoms with E-state index < -0.39 is 24.2 Å². The summed E-state index contributed by atoms with van der Waals surface area (Å²) in [6.07, 6.45) is -1.13. The van der Waals surface area contributed by atoms with Gasteiger partial charge in [0.15, 0.2) is 0 Å². The van der Waals surface area contributed by atoms with Crippen LogP contribution in [0.2, 0.25) is 0 Å². The van der Waals surface area contributed by atoms with Gasteiger partial charge in [-0.05, 0) is 26.7 Å². The standard InChI is InChI=1S/2C6H9FO2/c2*1-2-9-6(8)4-3-5(4)7/h2*4-5H,2-3H2,1H3/t2*4-,5-/m10/s1. The molecule has 0 aromatic heterocycles. The Balaban J connectivity index is 0.000000180. The molecule has 0 bridgehead atoms. The molecule has 4 atom stereocenters. The molecule has 4 nitrogen and oxygen atoms in total. The van der Waals surface area contributed by atoms with Gasteiger partial charge in [-0.3, -0.25) is 9.59 Å². The van der Waals surface area contributed by atoms with E-state index in [0.29, 0.717) is 26.1 Å². The highest BCUT2D eigenvalue weighted by molar-refractivity contribution is 5.76. The minimum atomic E-state index is -0.927. The van der Waals surface area contributed by atoms with Gasteiger partial charge in [-0.25, -0.2) is 8.78 Å². The lowest BCUT2D eigenvalue weighted by atomic mass is 10.4. The Morgan fingerprint density at radius 2 is 1.22 bits per heavy atom. The van der Waals surface area contributed by atoms with E-state index in [4.69, 9.17) is 0 Å². The number of carbonyl (C=O) groups is 2. The average molecular weight is 264 g/mol. The zero-order chi connectivity index (χ0) is 13.7. The van der Waals surface area contributed by atoms with Crippen molar-refractivity contribution in [2.24, 2.45) is 11.8 Å². The minimum absolute atomic E-state index is 0.349. The van der Waals surface area contributed by atoms with Crippen LogP contribution in [0.3, 0.4) is 0 Å². The Kier molecular flexibility index (Phi) is 5.50. The molecule has 0 unspecified atom stereocenters. The third-order valence-corrected chi connectivity index (χ3v) is 2.60. The molecule has 18 heavy (non-hydrogen) atoms. The topological polar surface area (TPSA) is 52.6 Å². The van der Waals surface area contributed by atoms with Crippen LogP contribution in [0, 0.1) is 11.8 Å². The molecule has 6 heteroatoms. The number of hydrogen-bond acceptors (Lipinski definition) is 4. The first-order valence-electron chi connectivity index (χ1n) is 6.12. The molecule has 0 amide bonds. The molecule has 2 rings (SSSR count). The Hall–Kier alpha value is -1.20. The first-order chi connectivity index (χ1) is 8.51. The number of hydrogen-bond donors (Lipinski definition) is 0. The van der Waals surface area contributed by atoms with E-state index >= 15 is 0 Å². The van der Waals surface area contributed by atoms with Crippen LogP contribution < -0.4 is 0 Å². The fourth-order valence-electron chi connectivity index (χ4n) is 1.31. The van der Waals surface area contributed by atoms with Gasteiger partial charge in [-0.15, -0.1) is 0 Å². The van der Waals surface area contributed by atoms with Crippen LogP contribution in [0.5, 0.6) is 0 Å². The van der Waals surface area contributed by atoms with E-state index in [0.717, 1.165) is 0 Å². The fraction of sp³-hybridized carbons (Fsp3) is 0.833. The average Bonchev–Trinajstić information content (AvgIpc) is 3.19. The highest BCUT2D eigenvalue weighted by Crippen LogP contribution is 2.35. The van der Waals surface area contributed by atoms with Gasteiger partial charge >= 0.3 is 11.9 Å². The Labute approximate surface area is 105 Å². The molecule has 104 valence electrons. The molecule has 0 aromatic rings. The van der Waals surface area contributed by atoms with Crippen molar-refractivity contribution in [3.63, 3.8) is 0 Å². The van der Waals surface area contributed by atoms with Gasteiger partial charge in [0.2, 0.25) is 0 Å². The summed E-state index contributed by atoms with van der Waals surface area (Å²) in [5, 5.41) is 0. The van der Waals surface area contributed by atoms with Gasteiger partial charge in [0.1, 0.15) is 12.3 Å². The fourth-order valence-corrected chi connectivity index (χ4v) is 1.31. The summed E-state index contributed by atoms with van der Waals surface area (Å²) in [7, 11) is 0. The molecule has 0 N–H and O–H groups in total. The molecule has 2 saturated carbocycles. The second-order valence-electron chi connectivity index (χ2n) is 4.22. The predicted octanol–water partition coefficient (Wildman–Crippen LogP) is 1.81. The van der Waals surface area contributed by atoms with Crippen LogP contribution in [-0.4, -0.2) is 37.5 Å². The number of ether oxygens (including phenoxy) is 2. The van der Waals surface area contributed by atoms with E-state index in [9.17, 15) is 18.4 Å². The molecule has 0 radical (unpaired) electrons. The zero-order valence-corrected chi connectivity index (χ0v) is 10.5. The smallest absolute Gasteiger partial charge is 0.311 e. The Morgan fingerprint density at radius 3 is 1.39 bits per heavy atom. The summed E-state index contributed by atoms with van der Waals surface area (Å²) in [5.41, 5.74) is 0. The van der Waals surface area contributed by atoms with E-state index in [1.165, 1.54) is 0 Å². The summed E-state index contributed by atoms with van der Waals surface area (Å²) in [6.45, 7) is 4.13. The monoisotopic (exact) mass is 264 g/mol. The van der Waals surface area contributed by atoms with Crippen molar-refractivity contribution in [2.75, 3.05) is 13.2 Å². The maximum absolute atomic E-state index is 12.0. The number of carbonyl (C=O) groups excluding carboxylic acids is 2. The largest absolute Gasteiger partial charge is 0.466 e. The molecule has 0 heterocycles.